The number of benzene rings is 2. The third-order valence-corrected chi connectivity index (χ3v) is 3.93. The van der Waals surface area contributed by atoms with Crippen molar-refractivity contribution >= 4 is 17.5 Å². The van der Waals surface area contributed by atoms with Crippen molar-refractivity contribution in [3.63, 3.8) is 0 Å². The summed E-state index contributed by atoms with van der Waals surface area (Å²) in [6, 6.07) is 17.4. The molecule has 3 rings (SSSR count). The van der Waals surface area contributed by atoms with Gasteiger partial charge in [0.15, 0.2) is 0 Å². The molecule has 2 aromatic carbocycles. The van der Waals surface area contributed by atoms with Gasteiger partial charge in [0.2, 0.25) is 0 Å². The van der Waals surface area contributed by atoms with E-state index in [4.69, 9.17) is 9.47 Å². The lowest BCUT2D eigenvalue weighted by molar-refractivity contribution is 0.0532. The van der Waals surface area contributed by atoms with Gasteiger partial charge in [-0.2, -0.15) is 0 Å². The summed E-state index contributed by atoms with van der Waals surface area (Å²) in [5.74, 6) is 0. The van der Waals surface area contributed by atoms with Gasteiger partial charge < -0.3 is 14.4 Å². The van der Waals surface area contributed by atoms with Crippen LogP contribution >= 0.6 is 0 Å². The van der Waals surface area contributed by atoms with Crippen molar-refractivity contribution in [3.05, 3.63) is 60.2 Å². The molecule has 1 aliphatic rings. The zero-order valence-corrected chi connectivity index (χ0v) is 13.8. The Balaban J connectivity index is 1.51. The van der Waals surface area contributed by atoms with Gasteiger partial charge in [0.1, 0.15) is 6.61 Å². The minimum atomic E-state index is -0.452. The standard InChI is InChI=1S/C19H22N2O3/c1-15-13-21(11-12-23-15)18-9-7-17(8-10-18)20-19(22)24-14-16-5-3-2-4-6-16/h2-10,15H,11-14H2,1H3,(H,20,22). The molecule has 0 spiro atoms. The van der Waals surface area contributed by atoms with E-state index in [1.807, 2.05) is 54.6 Å². The van der Waals surface area contributed by atoms with Gasteiger partial charge in [-0.05, 0) is 36.8 Å². The van der Waals surface area contributed by atoms with Crippen molar-refractivity contribution < 1.29 is 14.3 Å². The average Bonchev–Trinajstić information content (AvgIpc) is 2.61. The maximum atomic E-state index is 11.9. The maximum absolute atomic E-state index is 11.9. The monoisotopic (exact) mass is 326 g/mol. The van der Waals surface area contributed by atoms with Crippen molar-refractivity contribution in [1.29, 1.82) is 0 Å². The van der Waals surface area contributed by atoms with Gasteiger partial charge in [-0.15, -0.1) is 0 Å². The van der Waals surface area contributed by atoms with Crippen LogP contribution in [0.15, 0.2) is 54.6 Å². The number of carbonyl (C=O) groups excluding carboxylic acids is 1. The second-order valence-corrected chi connectivity index (χ2v) is 5.86. The summed E-state index contributed by atoms with van der Waals surface area (Å²) in [5.41, 5.74) is 2.82. The third-order valence-electron chi connectivity index (χ3n) is 3.93. The molecule has 1 aliphatic heterocycles. The number of anilines is 2. The molecule has 0 saturated carbocycles. The predicted octanol–water partition coefficient (Wildman–Crippen LogP) is 3.66. The molecule has 5 nitrogen and oxygen atoms in total. The zero-order chi connectivity index (χ0) is 16.8. The lowest BCUT2D eigenvalue weighted by Gasteiger charge is -2.33. The number of amides is 1. The van der Waals surface area contributed by atoms with Crippen molar-refractivity contribution in [2.75, 3.05) is 29.9 Å². The lowest BCUT2D eigenvalue weighted by Crippen LogP contribution is -2.41. The van der Waals surface area contributed by atoms with E-state index in [1.54, 1.807) is 0 Å². The zero-order valence-electron chi connectivity index (χ0n) is 13.8. The minimum Gasteiger partial charge on any atom is -0.444 e. The maximum Gasteiger partial charge on any atom is 0.411 e. The second-order valence-electron chi connectivity index (χ2n) is 5.86. The summed E-state index contributed by atoms with van der Waals surface area (Å²) in [5, 5.41) is 2.75. The molecule has 1 amide bonds. The lowest BCUT2D eigenvalue weighted by atomic mass is 10.2. The Morgan fingerprint density at radius 1 is 1.21 bits per heavy atom. The van der Waals surface area contributed by atoms with E-state index in [0.29, 0.717) is 0 Å². The van der Waals surface area contributed by atoms with E-state index >= 15 is 0 Å². The largest absolute Gasteiger partial charge is 0.444 e. The van der Waals surface area contributed by atoms with Crippen molar-refractivity contribution in [2.45, 2.75) is 19.6 Å². The van der Waals surface area contributed by atoms with Gasteiger partial charge in [0, 0.05) is 24.5 Å². The number of nitrogens with zero attached hydrogens (tertiary/aromatic N) is 1. The molecule has 0 bridgehead atoms. The van der Waals surface area contributed by atoms with Gasteiger partial charge in [-0.3, -0.25) is 5.32 Å². The van der Waals surface area contributed by atoms with Crippen LogP contribution in [-0.4, -0.2) is 31.9 Å². The fraction of sp³-hybridized carbons (Fsp3) is 0.316. The minimum absolute atomic E-state index is 0.240. The number of carbonyl (C=O) groups is 1. The first-order valence-corrected chi connectivity index (χ1v) is 8.15. The molecule has 2 aromatic rings. The quantitative estimate of drug-likeness (QED) is 0.931. The van der Waals surface area contributed by atoms with Crippen LogP contribution < -0.4 is 10.2 Å². The summed E-state index contributed by atoms with van der Waals surface area (Å²) < 4.78 is 10.8. The van der Waals surface area contributed by atoms with Crippen molar-refractivity contribution in [1.82, 2.24) is 0 Å². The van der Waals surface area contributed by atoms with Crippen LogP contribution in [0.25, 0.3) is 0 Å². The van der Waals surface area contributed by atoms with Crippen LogP contribution in [0, 0.1) is 0 Å². The molecule has 0 aromatic heterocycles. The Kier molecular flexibility index (Phi) is 5.33. The summed E-state index contributed by atoms with van der Waals surface area (Å²) in [4.78, 5) is 14.1. The molecule has 1 heterocycles. The fourth-order valence-electron chi connectivity index (χ4n) is 2.69. The van der Waals surface area contributed by atoms with E-state index in [2.05, 4.69) is 17.1 Å². The Hall–Kier alpha value is -2.53. The Bertz CT molecular complexity index is 658. The van der Waals surface area contributed by atoms with Crippen molar-refractivity contribution in [2.24, 2.45) is 0 Å². The molecule has 1 N–H and O–H groups in total. The molecule has 1 unspecified atom stereocenters. The number of ether oxygens (including phenoxy) is 2. The summed E-state index contributed by atoms with van der Waals surface area (Å²) >= 11 is 0. The number of hydrogen-bond donors (Lipinski definition) is 1. The average molecular weight is 326 g/mol. The molecule has 5 heteroatoms. The van der Waals surface area contributed by atoms with Gasteiger partial charge in [0.25, 0.3) is 0 Å². The van der Waals surface area contributed by atoms with Crippen LogP contribution in [0.1, 0.15) is 12.5 Å². The Labute approximate surface area is 142 Å². The third kappa shape index (κ3) is 4.49. The number of hydrogen-bond acceptors (Lipinski definition) is 4. The molecule has 1 fully saturated rings. The highest BCUT2D eigenvalue weighted by Gasteiger charge is 2.16. The normalized spacial score (nSPS) is 17.4. The van der Waals surface area contributed by atoms with E-state index in [1.165, 1.54) is 0 Å². The summed E-state index contributed by atoms with van der Waals surface area (Å²) in [6.07, 6.45) is -0.212. The van der Waals surface area contributed by atoms with Gasteiger partial charge in [-0.1, -0.05) is 30.3 Å². The SMILES string of the molecule is CC1CN(c2ccc(NC(=O)OCc3ccccc3)cc2)CCO1. The van der Waals surface area contributed by atoms with Gasteiger partial charge in [0.05, 0.1) is 12.7 Å². The van der Waals surface area contributed by atoms with E-state index in [0.717, 1.165) is 36.6 Å². The van der Waals surface area contributed by atoms with E-state index < -0.39 is 6.09 Å². The molecule has 0 aliphatic carbocycles. The van der Waals surface area contributed by atoms with Gasteiger partial charge in [-0.25, -0.2) is 4.79 Å². The van der Waals surface area contributed by atoms with Crippen LogP contribution in [0.5, 0.6) is 0 Å². The van der Waals surface area contributed by atoms with E-state index in [-0.39, 0.29) is 12.7 Å². The topological polar surface area (TPSA) is 50.8 Å². The van der Waals surface area contributed by atoms with Crippen molar-refractivity contribution in [3.8, 4) is 0 Å². The predicted molar refractivity (Wildman–Crippen MR) is 94.3 cm³/mol. The molecular formula is C19H22N2O3. The number of morpholine rings is 1. The van der Waals surface area contributed by atoms with Crippen LogP contribution in [0.4, 0.5) is 16.2 Å². The molecule has 1 atom stereocenters. The first-order chi connectivity index (χ1) is 11.7. The Morgan fingerprint density at radius 3 is 2.67 bits per heavy atom. The molecule has 24 heavy (non-hydrogen) atoms. The number of rotatable bonds is 4. The summed E-state index contributed by atoms with van der Waals surface area (Å²) in [6.45, 7) is 4.84. The first kappa shape index (κ1) is 16.3. The molecular weight excluding hydrogens is 304 g/mol. The van der Waals surface area contributed by atoms with Crippen LogP contribution in [-0.2, 0) is 16.1 Å². The fourth-order valence-corrected chi connectivity index (χ4v) is 2.69. The highest BCUT2D eigenvalue weighted by Crippen LogP contribution is 2.20. The molecule has 126 valence electrons. The second kappa shape index (κ2) is 7.84. The van der Waals surface area contributed by atoms with Crippen LogP contribution in [0.3, 0.4) is 0 Å². The van der Waals surface area contributed by atoms with Crippen LogP contribution in [0.2, 0.25) is 0 Å². The smallest absolute Gasteiger partial charge is 0.411 e. The molecule has 0 radical (unpaired) electrons. The van der Waals surface area contributed by atoms with Gasteiger partial charge >= 0.3 is 6.09 Å². The highest BCUT2D eigenvalue weighted by molar-refractivity contribution is 5.84. The highest BCUT2D eigenvalue weighted by atomic mass is 16.5. The Morgan fingerprint density at radius 2 is 1.96 bits per heavy atom. The van der Waals surface area contributed by atoms with E-state index in [9.17, 15) is 4.79 Å². The summed E-state index contributed by atoms with van der Waals surface area (Å²) in [7, 11) is 0. The number of nitrogens with one attached hydrogen (secondary N) is 1. The molecule has 1 saturated heterocycles. The first-order valence-electron chi connectivity index (χ1n) is 8.15.